The highest BCUT2D eigenvalue weighted by Gasteiger charge is 2.17. The Morgan fingerprint density at radius 2 is 1.95 bits per heavy atom. The quantitative estimate of drug-likeness (QED) is 0.546. The largest absolute Gasteiger partial charge is 0.465 e. The average Bonchev–Trinajstić information content (AvgIpc) is 2.52. The third-order valence-electron chi connectivity index (χ3n) is 3.27. The molecule has 0 N–H and O–H groups in total. The van der Waals surface area contributed by atoms with E-state index in [-0.39, 0.29) is 16.8 Å². The van der Waals surface area contributed by atoms with Gasteiger partial charge in [-0.1, -0.05) is 18.2 Å². The SMILES string of the molecule is COC(=O)c1ccc(OC(F)F)c2nc3ccccc3cc12. The zero-order valence-corrected chi connectivity index (χ0v) is 11.5. The fourth-order valence-electron chi connectivity index (χ4n) is 2.32. The van der Waals surface area contributed by atoms with Crippen molar-refractivity contribution >= 4 is 27.8 Å². The summed E-state index contributed by atoms with van der Waals surface area (Å²) in [5, 5.41) is 1.19. The van der Waals surface area contributed by atoms with Gasteiger partial charge in [0.05, 0.1) is 18.2 Å². The zero-order chi connectivity index (χ0) is 15.7. The van der Waals surface area contributed by atoms with Gasteiger partial charge in [0.15, 0.2) is 5.75 Å². The molecule has 3 rings (SSSR count). The average molecular weight is 303 g/mol. The number of para-hydroxylation sites is 1. The fourth-order valence-corrected chi connectivity index (χ4v) is 2.32. The van der Waals surface area contributed by atoms with Crippen molar-refractivity contribution in [1.29, 1.82) is 0 Å². The van der Waals surface area contributed by atoms with Crippen LogP contribution in [-0.4, -0.2) is 24.7 Å². The van der Waals surface area contributed by atoms with Crippen LogP contribution in [0.5, 0.6) is 5.75 Å². The van der Waals surface area contributed by atoms with Crippen molar-refractivity contribution in [3.8, 4) is 5.75 Å². The Balaban J connectivity index is 2.35. The number of methoxy groups -OCH3 is 1. The summed E-state index contributed by atoms with van der Waals surface area (Å²) in [6, 6.07) is 11.6. The van der Waals surface area contributed by atoms with Crippen LogP contribution in [0.15, 0.2) is 42.5 Å². The lowest BCUT2D eigenvalue weighted by molar-refractivity contribution is -0.0489. The van der Waals surface area contributed by atoms with E-state index in [9.17, 15) is 13.6 Å². The molecule has 22 heavy (non-hydrogen) atoms. The topological polar surface area (TPSA) is 48.4 Å². The third kappa shape index (κ3) is 2.43. The summed E-state index contributed by atoms with van der Waals surface area (Å²) < 4.78 is 34.3. The molecule has 0 radical (unpaired) electrons. The first-order valence-electron chi connectivity index (χ1n) is 6.46. The van der Waals surface area contributed by atoms with E-state index in [4.69, 9.17) is 4.74 Å². The standard InChI is InChI=1S/C16H11F2NO3/c1-21-15(20)10-6-7-13(22-16(17)18)14-11(10)8-9-4-2-3-5-12(9)19-14/h2-8,16H,1H3. The first kappa shape index (κ1) is 14.2. The van der Waals surface area contributed by atoms with Gasteiger partial charge in [-0.15, -0.1) is 0 Å². The smallest absolute Gasteiger partial charge is 0.387 e. The minimum absolute atomic E-state index is 0.0802. The van der Waals surface area contributed by atoms with Crippen LogP contribution in [0, 0.1) is 0 Å². The van der Waals surface area contributed by atoms with E-state index in [1.165, 1.54) is 19.2 Å². The number of hydrogen-bond acceptors (Lipinski definition) is 4. The van der Waals surface area contributed by atoms with E-state index in [0.717, 1.165) is 5.39 Å². The number of carbonyl (C=O) groups excluding carboxylic acids is 1. The van der Waals surface area contributed by atoms with E-state index < -0.39 is 12.6 Å². The van der Waals surface area contributed by atoms with Crippen molar-refractivity contribution in [2.45, 2.75) is 6.61 Å². The predicted molar refractivity (Wildman–Crippen MR) is 77.2 cm³/mol. The Morgan fingerprint density at radius 1 is 1.18 bits per heavy atom. The number of esters is 1. The van der Waals surface area contributed by atoms with Gasteiger partial charge in [0, 0.05) is 10.8 Å². The van der Waals surface area contributed by atoms with Crippen molar-refractivity contribution in [3.63, 3.8) is 0 Å². The van der Waals surface area contributed by atoms with Crippen molar-refractivity contribution in [2.75, 3.05) is 7.11 Å². The fraction of sp³-hybridized carbons (Fsp3) is 0.125. The van der Waals surface area contributed by atoms with Gasteiger partial charge in [0.1, 0.15) is 5.52 Å². The molecular weight excluding hydrogens is 292 g/mol. The first-order valence-corrected chi connectivity index (χ1v) is 6.46. The van der Waals surface area contributed by atoms with Gasteiger partial charge < -0.3 is 9.47 Å². The summed E-state index contributed by atoms with van der Waals surface area (Å²) >= 11 is 0. The third-order valence-corrected chi connectivity index (χ3v) is 3.27. The van der Waals surface area contributed by atoms with Crippen LogP contribution in [0.4, 0.5) is 8.78 Å². The lowest BCUT2D eigenvalue weighted by atomic mass is 10.0. The van der Waals surface area contributed by atoms with Crippen LogP contribution in [0.2, 0.25) is 0 Å². The molecule has 0 bridgehead atoms. The Hall–Kier alpha value is -2.76. The molecule has 0 spiro atoms. The molecule has 3 aromatic rings. The molecule has 2 aromatic carbocycles. The van der Waals surface area contributed by atoms with E-state index in [2.05, 4.69) is 9.72 Å². The zero-order valence-electron chi connectivity index (χ0n) is 11.5. The van der Waals surface area contributed by atoms with E-state index >= 15 is 0 Å². The molecule has 0 saturated heterocycles. The van der Waals surface area contributed by atoms with E-state index in [1.807, 2.05) is 12.1 Å². The minimum atomic E-state index is -2.97. The molecule has 112 valence electrons. The van der Waals surface area contributed by atoms with Crippen LogP contribution >= 0.6 is 0 Å². The maximum absolute atomic E-state index is 12.5. The highest BCUT2D eigenvalue weighted by Crippen LogP contribution is 2.31. The number of aromatic nitrogens is 1. The number of alkyl halides is 2. The normalized spacial score (nSPS) is 11.1. The maximum atomic E-state index is 12.5. The van der Waals surface area contributed by atoms with Crippen LogP contribution in [0.25, 0.3) is 21.8 Å². The monoisotopic (exact) mass is 303 g/mol. The molecule has 0 saturated carbocycles. The number of pyridine rings is 1. The Kier molecular flexibility index (Phi) is 3.58. The molecule has 6 heteroatoms. The molecule has 0 aliphatic carbocycles. The summed E-state index contributed by atoms with van der Waals surface area (Å²) in [6.45, 7) is -2.97. The van der Waals surface area contributed by atoms with E-state index in [0.29, 0.717) is 10.9 Å². The summed E-state index contributed by atoms with van der Waals surface area (Å²) in [4.78, 5) is 16.2. The van der Waals surface area contributed by atoms with Crippen molar-refractivity contribution in [2.24, 2.45) is 0 Å². The molecule has 0 unspecified atom stereocenters. The van der Waals surface area contributed by atoms with Crippen molar-refractivity contribution in [3.05, 3.63) is 48.0 Å². The lowest BCUT2D eigenvalue weighted by Crippen LogP contribution is -2.06. The second kappa shape index (κ2) is 5.55. The number of benzene rings is 2. The number of halogens is 2. The molecule has 0 fully saturated rings. The molecule has 0 aliphatic rings. The van der Waals surface area contributed by atoms with Gasteiger partial charge in [0.25, 0.3) is 0 Å². The second-order valence-corrected chi connectivity index (χ2v) is 4.56. The summed E-state index contributed by atoms with van der Waals surface area (Å²) in [7, 11) is 1.26. The number of fused-ring (bicyclic) bond motifs is 2. The molecule has 1 heterocycles. The predicted octanol–water partition coefficient (Wildman–Crippen LogP) is 3.78. The summed E-state index contributed by atoms with van der Waals surface area (Å²) in [5.41, 5.74) is 1.07. The highest BCUT2D eigenvalue weighted by atomic mass is 19.3. The Bertz CT molecular complexity index is 865. The van der Waals surface area contributed by atoms with Crippen molar-refractivity contribution in [1.82, 2.24) is 4.98 Å². The molecule has 0 amide bonds. The van der Waals surface area contributed by atoms with Crippen LogP contribution in [0.3, 0.4) is 0 Å². The van der Waals surface area contributed by atoms with Gasteiger partial charge in [0.2, 0.25) is 0 Å². The minimum Gasteiger partial charge on any atom is -0.465 e. The van der Waals surface area contributed by atoms with Gasteiger partial charge in [-0.05, 0) is 24.3 Å². The van der Waals surface area contributed by atoms with E-state index in [1.54, 1.807) is 18.2 Å². The number of ether oxygens (including phenoxy) is 2. The van der Waals surface area contributed by atoms with Crippen LogP contribution < -0.4 is 4.74 Å². The number of nitrogens with zero attached hydrogens (tertiary/aromatic N) is 1. The van der Waals surface area contributed by atoms with Gasteiger partial charge in [-0.3, -0.25) is 0 Å². The number of hydrogen-bond donors (Lipinski definition) is 0. The molecule has 0 atom stereocenters. The van der Waals surface area contributed by atoms with Gasteiger partial charge in [-0.2, -0.15) is 8.78 Å². The Morgan fingerprint density at radius 3 is 2.68 bits per heavy atom. The molecule has 0 aliphatic heterocycles. The molecule has 4 nitrogen and oxygen atoms in total. The van der Waals surface area contributed by atoms with Gasteiger partial charge in [-0.25, -0.2) is 9.78 Å². The lowest BCUT2D eigenvalue weighted by Gasteiger charge is -2.11. The molecule has 1 aromatic heterocycles. The van der Waals surface area contributed by atoms with Crippen molar-refractivity contribution < 1.29 is 23.0 Å². The Labute approximate surface area is 124 Å². The second-order valence-electron chi connectivity index (χ2n) is 4.56. The summed E-state index contributed by atoms with van der Waals surface area (Å²) in [6.07, 6.45) is 0. The maximum Gasteiger partial charge on any atom is 0.387 e. The van der Waals surface area contributed by atoms with Crippen LogP contribution in [-0.2, 0) is 4.74 Å². The first-order chi connectivity index (χ1) is 10.6. The summed E-state index contributed by atoms with van der Waals surface area (Å²) in [5.74, 6) is -0.644. The molecular formula is C16H11F2NO3. The van der Waals surface area contributed by atoms with Gasteiger partial charge >= 0.3 is 12.6 Å². The van der Waals surface area contributed by atoms with Crippen LogP contribution in [0.1, 0.15) is 10.4 Å². The number of carbonyl (C=O) groups is 1. The number of rotatable bonds is 3. The highest BCUT2D eigenvalue weighted by molar-refractivity contribution is 6.08.